The van der Waals surface area contributed by atoms with Gasteiger partial charge in [-0.25, -0.2) is 0 Å². The van der Waals surface area contributed by atoms with Gasteiger partial charge in [0.1, 0.15) is 5.56 Å². The highest BCUT2D eigenvalue weighted by atomic mass is 16.5. The van der Waals surface area contributed by atoms with Crippen molar-refractivity contribution in [2.45, 2.75) is 32.6 Å². The molecule has 1 aromatic rings. The van der Waals surface area contributed by atoms with E-state index in [4.69, 9.17) is 4.74 Å². The van der Waals surface area contributed by atoms with Gasteiger partial charge in [0.15, 0.2) is 5.43 Å². The van der Waals surface area contributed by atoms with Gasteiger partial charge in [0.2, 0.25) is 5.91 Å². The van der Waals surface area contributed by atoms with Gasteiger partial charge < -0.3 is 19.5 Å². The number of nitrogens with zero attached hydrogens (tertiary/aromatic N) is 2. The second-order valence-electron chi connectivity index (χ2n) is 7.53. The molecular formula is C19H27N3O4. The first-order valence-electron chi connectivity index (χ1n) is 9.19. The molecule has 7 heteroatoms. The number of piperidine rings is 2. The number of pyridine rings is 1. The van der Waals surface area contributed by atoms with Crippen LogP contribution in [0.2, 0.25) is 0 Å². The zero-order chi connectivity index (χ0) is 18.7. The maximum atomic E-state index is 12.9. The third kappa shape index (κ3) is 3.82. The largest absolute Gasteiger partial charge is 0.383 e. The first kappa shape index (κ1) is 18.6. The normalized spacial score (nSPS) is 23.5. The van der Waals surface area contributed by atoms with Crippen LogP contribution in [0.5, 0.6) is 0 Å². The molecule has 2 fully saturated rings. The van der Waals surface area contributed by atoms with E-state index in [1.54, 1.807) is 18.9 Å². The van der Waals surface area contributed by atoms with Crippen LogP contribution in [-0.2, 0) is 9.53 Å². The van der Waals surface area contributed by atoms with Crippen LogP contribution in [0.15, 0.2) is 17.1 Å². The summed E-state index contributed by atoms with van der Waals surface area (Å²) in [6, 6.07) is 1.46. The van der Waals surface area contributed by atoms with Gasteiger partial charge in [-0.15, -0.1) is 0 Å². The van der Waals surface area contributed by atoms with Gasteiger partial charge in [0, 0.05) is 63.1 Å². The highest BCUT2D eigenvalue weighted by Crippen LogP contribution is 2.39. The molecule has 2 aliphatic rings. The number of aryl methyl sites for hydroxylation is 1. The van der Waals surface area contributed by atoms with Crippen molar-refractivity contribution >= 4 is 11.8 Å². The van der Waals surface area contributed by atoms with Gasteiger partial charge >= 0.3 is 0 Å². The molecule has 0 bridgehead atoms. The second-order valence-corrected chi connectivity index (χ2v) is 7.53. The first-order chi connectivity index (χ1) is 12.4. The Labute approximate surface area is 153 Å². The Kier molecular flexibility index (Phi) is 5.46. The SMILES string of the molecule is COCCN1C[C@@]2(CCCN(C(=O)c3c[nH]c(C)cc3=O)C2)CCC1=O. The van der Waals surface area contributed by atoms with E-state index in [-0.39, 0.29) is 28.2 Å². The molecule has 3 rings (SSSR count). The van der Waals surface area contributed by atoms with E-state index < -0.39 is 0 Å². The zero-order valence-electron chi connectivity index (χ0n) is 15.5. The molecule has 2 amide bonds. The van der Waals surface area contributed by atoms with Crippen LogP contribution in [0.4, 0.5) is 0 Å². The fourth-order valence-corrected chi connectivity index (χ4v) is 4.13. The summed E-state index contributed by atoms with van der Waals surface area (Å²) in [5.74, 6) is -0.0585. The highest BCUT2D eigenvalue weighted by molar-refractivity contribution is 5.94. The molecule has 2 aliphatic heterocycles. The minimum absolute atomic E-state index is 0.0764. The molecule has 0 aliphatic carbocycles. The summed E-state index contributed by atoms with van der Waals surface area (Å²) in [6.45, 7) is 4.80. The molecule has 2 saturated heterocycles. The van der Waals surface area contributed by atoms with E-state index in [1.807, 2.05) is 4.90 Å². The summed E-state index contributed by atoms with van der Waals surface area (Å²) in [4.78, 5) is 43.8. The number of H-pyrrole nitrogens is 1. The summed E-state index contributed by atoms with van der Waals surface area (Å²) >= 11 is 0. The van der Waals surface area contributed by atoms with Crippen molar-refractivity contribution in [3.63, 3.8) is 0 Å². The Morgan fingerprint density at radius 3 is 2.85 bits per heavy atom. The number of methoxy groups -OCH3 is 1. The number of carbonyl (C=O) groups is 2. The monoisotopic (exact) mass is 361 g/mol. The van der Waals surface area contributed by atoms with Crippen LogP contribution in [0.1, 0.15) is 41.7 Å². The molecule has 7 nitrogen and oxygen atoms in total. The highest BCUT2D eigenvalue weighted by Gasteiger charge is 2.42. The van der Waals surface area contributed by atoms with Gasteiger partial charge in [-0.1, -0.05) is 0 Å². The van der Waals surface area contributed by atoms with E-state index in [2.05, 4.69) is 4.98 Å². The summed E-state index contributed by atoms with van der Waals surface area (Å²) in [5.41, 5.74) is 0.607. The minimum atomic E-state index is -0.244. The smallest absolute Gasteiger partial charge is 0.259 e. The van der Waals surface area contributed by atoms with Crippen molar-refractivity contribution in [3.8, 4) is 0 Å². The van der Waals surface area contributed by atoms with E-state index in [0.29, 0.717) is 39.2 Å². The Balaban J connectivity index is 1.75. The van der Waals surface area contributed by atoms with Gasteiger partial charge in [-0.2, -0.15) is 0 Å². The molecule has 142 valence electrons. The number of hydrogen-bond donors (Lipinski definition) is 1. The van der Waals surface area contributed by atoms with Crippen LogP contribution < -0.4 is 5.43 Å². The number of amides is 2. The number of hydrogen-bond acceptors (Lipinski definition) is 4. The quantitative estimate of drug-likeness (QED) is 0.873. The number of likely N-dealkylation sites (tertiary alicyclic amines) is 2. The average molecular weight is 361 g/mol. The van der Waals surface area contributed by atoms with Gasteiger partial charge in [-0.3, -0.25) is 14.4 Å². The number of ether oxygens (including phenoxy) is 1. The van der Waals surface area contributed by atoms with Crippen molar-refractivity contribution in [2.24, 2.45) is 5.41 Å². The fraction of sp³-hybridized carbons (Fsp3) is 0.632. The molecule has 1 spiro atoms. The molecule has 1 aromatic heterocycles. The maximum Gasteiger partial charge on any atom is 0.259 e. The van der Waals surface area contributed by atoms with Crippen LogP contribution in [0, 0.1) is 12.3 Å². The van der Waals surface area contributed by atoms with Crippen molar-refractivity contribution in [1.82, 2.24) is 14.8 Å². The zero-order valence-corrected chi connectivity index (χ0v) is 15.5. The van der Waals surface area contributed by atoms with Crippen LogP contribution in [-0.4, -0.2) is 66.5 Å². The number of aromatic nitrogens is 1. The molecule has 0 saturated carbocycles. The minimum Gasteiger partial charge on any atom is -0.383 e. The van der Waals surface area contributed by atoms with E-state index in [0.717, 1.165) is 25.0 Å². The summed E-state index contributed by atoms with van der Waals surface area (Å²) in [7, 11) is 1.63. The molecule has 3 heterocycles. The Morgan fingerprint density at radius 2 is 2.12 bits per heavy atom. The van der Waals surface area contributed by atoms with Crippen molar-refractivity contribution in [1.29, 1.82) is 0 Å². The summed E-state index contributed by atoms with van der Waals surface area (Å²) < 4.78 is 5.11. The lowest BCUT2D eigenvalue weighted by Gasteiger charge is -2.48. The number of aromatic amines is 1. The standard InChI is InChI=1S/C19H27N3O4/c1-14-10-16(23)15(11-20-14)18(25)22-7-3-5-19(13-22)6-4-17(24)21(12-19)8-9-26-2/h10-11H,3-9,12-13H2,1-2H3,(H,20,23)/t19-/m1/s1. The predicted octanol–water partition coefficient (Wildman–Crippen LogP) is 1.17. The van der Waals surface area contributed by atoms with E-state index >= 15 is 0 Å². The van der Waals surface area contributed by atoms with Gasteiger partial charge in [0.05, 0.1) is 6.61 Å². The van der Waals surface area contributed by atoms with E-state index in [1.165, 1.54) is 12.3 Å². The topological polar surface area (TPSA) is 82.7 Å². The summed E-state index contributed by atoms with van der Waals surface area (Å²) in [6.07, 6.45) is 4.70. The molecular weight excluding hydrogens is 334 g/mol. The molecule has 1 N–H and O–H groups in total. The Bertz CT molecular complexity index is 745. The van der Waals surface area contributed by atoms with Crippen LogP contribution >= 0.6 is 0 Å². The number of rotatable bonds is 4. The van der Waals surface area contributed by atoms with Crippen LogP contribution in [0.3, 0.4) is 0 Å². The van der Waals surface area contributed by atoms with Crippen molar-refractivity contribution in [3.05, 3.63) is 33.7 Å². The first-order valence-corrected chi connectivity index (χ1v) is 9.19. The van der Waals surface area contributed by atoms with Crippen LogP contribution in [0.25, 0.3) is 0 Å². The van der Waals surface area contributed by atoms with Gasteiger partial charge in [-0.05, 0) is 26.2 Å². The predicted molar refractivity (Wildman–Crippen MR) is 97.1 cm³/mol. The molecule has 0 unspecified atom stereocenters. The fourth-order valence-electron chi connectivity index (χ4n) is 4.13. The van der Waals surface area contributed by atoms with Gasteiger partial charge in [0.25, 0.3) is 5.91 Å². The second kappa shape index (κ2) is 7.61. The van der Waals surface area contributed by atoms with E-state index in [9.17, 15) is 14.4 Å². The van der Waals surface area contributed by atoms with Crippen molar-refractivity contribution in [2.75, 3.05) is 39.9 Å². The number of nitrogens with one attached hydrogen (secondary N) is 1. The maximum absolute atomic E-state index is 12.9. The van der Waals surface area contributed by atoms with Crippen molar-refractivity contribution < 1.29 is 14.3 Å². The average Bonchev–Trinajstić information content (AvgIpc) is 2.62. The Morgan fingerprint density at radius 1 is 1.31 bits per heavy atom. The number of carbonyl (C=O) groups excluding carboxylic acids is 2. The molecule has 1 atom stereocenters. The third-order valence-corrected chi connectivity index (χ3v) is 5.55. The lowest BCUT2D eigenvalue weighted by Crippen LogP contribution is -2.55. The lowest BCUT2D eigenvalue weighted by atomic mass is 9.73. The lowest BCUT2D eigenvalue weighted by molar-refractivity contribution is -0.139. The molecule has 0 aromatic carbocycles. The Hall–Kier alpha value is -2.15. The molecule has 0 radical (unpaired) electrons. The third-order valence-electron chi connectivity index (χ3n) is 5.55. The summed E-state index contributed by atoms with van der Waals surface area (Å²) in [5, 5.41) is 0. The molecule has 26 heavy (non-hydrogen) atoms.